The average Bonchev–Trinajstić information content (AvgIpc) is 3.50. The van der Waals surface area contributed by atoms with Crippen LogP contribution in [0, 0.1) is 0 Å². The van der Waals surface area contributed by atoms with Crippen molar-refractivity contribution in [3.63, 3.8) is 0 Å². The summed E-state index contributed by atoms with van der Waals surface area (Å²) in [5, 5.41) is 7.93. The number of aromatic nitrogens is 3. The van der Waals surface area contributed by atoms with Crippen molar-refractivity contribution < 1.29 is 18.7 Å². The van der Waals surface area contributed by atoms with Gasteiger partial charge in [-0.3, -0.25) is 4.68 Å². The number of esters is 1. The van der Waals surface area contributed by atoms with Gasteiger partial charge in [0.05, 0.1) is 36.4 Å². The molecule has 6 rings (SSSR count). The molecule has 3 aromatic carbocycles. The number of nitrogens with zero attached hydrogens (tertiary/aromatic N) is 4. The highest BCUT2D eigenvalue weighted by Gasteiger charge is 2.28. The Morgan fingerprint density at radius 1 is 1.00 bits per heavy atom. The van der Waals surface area contributed by atoms with Gasteiger partial charge in [0.2, 0.25) is 0 Å². The van der Waals surface area contributed by atoms with Crippen molar-refractivity contribution in [2.45, 2.75) is 45.7 Å². The Bertz CT molecular complexity index is 1830. The summed E-state index contributed by atoms with van der Waals surface area (Å²) < 4.78 is 29.6. The Kier molecular flexibility index (Phi) is 8.79. The van der Waals surface area contributed by atoms with Gasteiger partial charge in [-0.05, 0) is 69.3 Å². The van der Waals surface area contributed by atoms with E-state index in [1.165, 1.54) is 6.08 Å². The van der Waals surface area contributed by atoms with Gasteiger partial charge in [-0.2, -0.15) is 5.10 Å². The topological polar surface area (TPSA) is 61.5 Å². The molecule has 3 heterocycles. The molecule has 0 spiro atoms. The summed E-state index contributed by atoms with van der Waals surface area (Å²) in [6.07, 6.45) is 5.21. The Morgan fingerprint density at radius 2 is 1.77 bits per heavy atom. The van der Waals surface area contributed by atoms with E-state index in [4.69, 9.17) is 14.6 Å². The summed E-state index contributed by atoms with van der Waals surface area (Å²) >= 11 is 0. The summed E-state index contributed by atoms with van der Waals surface area (Å²) in [7, 11) is 4.01. The summed E-state index contributed by atoms with van der Waals surface area (Å²) in [6, 6.07) is 20.5. The van der Waals surface area contributed by atoms with Crippen LogP contribution in [0.15, 0.2) is 67.0 Å². The van der Waals surface area contributed by atoms with Crippen molar-refractivity contribution >= 4 is 33.7 Å². The van der Waals surface area contributed by atoms with Crippen LogP contribution < -0.4 is 4.74 Å². The first-order valence-corrected chi connectivity index (χ1v) is 15.4. The molecule has 0 unspecified atom stereocenters. The number of aryl methyl sites for hydroxylation is 3. The first-order chi connectivity index (χ1) is 21.5. The van der Waals surface area contributed by atoms with E-state index >= 15 is 0 Å². The number of benzene rings is 3. The lowest BCUT2D eigenvalue weighted by Crippen LogP contribution is -2.21. The largest absolute Gasteiger partial charge is 0.493 e. The van der Waals surface area contributed by atoms with Crippen LogP contribution in [0.5, 0.6) is 5.75 Å². The zero-order chi connectivity index (χ0) is 30.6. The van der Waals surface area contributed by atoms with Crippen LogP contribution in [-0.2, 0) is 31.3 Å². The third kappa shape index (κ3) is 5.62. The standard InChI is InChI=1S/C36H39FN4O3/c1-4-43-36(42)35-28(17-11-23-44-32-18-9-13-25-12-5-6-14-26(25)32)27-15-10-16-29-33-30(19-20-37)38-40(3)31(33)24-39(2)21-7-8-22-41(35)34(27)29/h5-6,9-10,12-16,18-20H,4,7-8,11,17,21-24H2,1-3H3/b20-19+. The van der Waals surface area contributed by atoms with Crippen LogP contribution in [0.4, 0.5) is 4.39 Å². The Labute approximate surface area is 257 Å². The lowest BCUT2D eigenvalue weighted by molar-refractivity contribution is 0.0512. The first-order valence-electron chi connectivity index (χ1n) is 15.4. The van der Waals surface area contributed by atoms with E-state index in [1.807, 2.05) is 49.0 Å². The molecule has 8 heteroatoms. The van der Waals surface area contributed by atoms with Crippen molar-refractivity contribution in [3.05, 3.63) is 89.6 Å². The molecule has 44 heavy (non-hydrogen) atoms. The minimum atomic E-state index is -0.318. The molecule has 0 radical (unpaired) electrons. The molecule has 1 aliphatic heterocycles. The minimum Gasteiger partial charge on any atom is -0.493 e. The zero-order valence-corrected chi connectivity index (χ0v) is 25.7. The maximum Gasteiger partial charge on any atom is 0.355 e. The van der Waals surface area contributed by atoms with Crippen LogP contribution in [0.2, 0.25) is 0 Å². The molecule has 0 N–H and O–H groups in total. The van der Waals surface area contributed by atoms with Gasteiger partial charge in [0.25, 0.3) is 0 Å². The Morgan fingerprint density at radius 3 is 2.61 bits per heavy atom. The van der Waals surface area contributed by atoms with Crippen LogP contribution in [0.25, 0.3) is 38.9 Å². The third-order valence-electron chi connectivity index (χ3n) is 8.51. The fourth-order valence-electron chi connectivity index (χ4n) is 6.56. The van der Waals surface area contributed by atoms with E-state index in [9.17, 15) is 9.18 Å². The second kappa shape index (κ2) is 13.1. The molecule has 0 amide bonds. The Hall–Kier alpha value is -4.43. The van der Waals surface area contributed by atoms with Gasteiger partial charge >= 0.3 is 5.97 Å². The van der Waals surface area contributed by atoms with Crippen LogP contribution in [-0.4, -0.2) is 52.0 Å². The predicted octanol–water partition coefficient (Wildman–Crippen LogP) is 7.55. The van der Waals surface area contributed by atoms with Crippen molar-refractivity contribution in [3.8, 4) is 16.9 Å². The molecule has 1 aliphatic rings. The molecule has 0 atom stereocenters. The maximum absolute atomic E-state index is 13.7. The third-order valence-corrected chi connectivity index (χ3v) is 8.51. The highest BCUT2D eigenvalue weighted by molar-refractivity contribution is 6.05. The van der Waals surface area contributed by atoms with Gasteiger partial charge in [-0.25, -0.2) is 9.18 Å². The summed E-state index contributed by atoms with van der Waals surface area (Å²) in [4.78, 5) is 16.0. The molecule has 7 nitrogen and oxygen atoms in total. The normalized spacial score (nSPS) is 14.2. The van der Waals surface area contributed by atoms with E-state index < -0.39 is 0 Å². The van der Waals surface area contributed by atoms with Crippen LogP contribution in [0.3, 0.4) is 0 Å². The van der Waals surface area contributed by atoms with Gasteiger partial charge in [-0.15, -0.1) is 0 Å². The van der Waals surface area contributed by atoms with Crippen LogP contribution in [0.1, 0.15) is 53.6 Å². The smallest absolute Gasteiger partial charge is 0.355 e. The number of hydrogen-bond donors (Lipinski definition) is 0. The zero-order valence-electron chi connectivity index (χ0n) is 25.7. The van der Waals surface area contributed by atoms with Gasteiger partial charge in [-0.1, -0.05) is 54.6 Å². The van der Waals surface area contributed by atoms with Crippen molar-refractivity contribution in [2.24, 2.45) is 7.05 Å². The second-order valence-corrected chi connectivity index (χ2v) is 11.4. The second-order valence-electron chi connectivity index (χ2n) is 11.4. The molecule has 228 valence electrons. The van der Waals surface area contributed by atoms with Crippen molar-refractivity contribution in [1.29, 1.82) is 0 Å². The molecule has 0 aliphatic carbocycles. The average molecular weight is 595 g/mol. The van der Waals surface area contributed by atoms with Gasteiger partial charge in [0.1, 0.15) is 11.4 Å². The number of hydrogen-bond acceptors (Lipinski definition) is 5. The van der Waals surface area contributed by atoms with E-state index in [1.54, 1.807) is 0 Å². The van der Waals surface area contributed by atoms with E-state index in [2.05, 4.69) is 46.8 Å². The highest BCUT2D eigenvalue weighted by Crippen LogP contribution is 2.39. The lowest BCUT2D eigenvalue weighted by atomic mass is 9.97. The molecule has 2 aromatic heterocycles. The summed E-state index contributed by atoms with van der Waals surface area (Å²) in [5.41, 5.74) is 5.93. The monoisotopic (exact) mass is 594 g/mol. The first kappa shape index (κ1) is 29.6. The molecule has 0 bridgehead atoms. The number of rotatable bonds is 8. The number of halogens is 1. The molecular formula is C36H39FN4O3. The van der Waals surface area contributed by atoms with Gasteiger partial charge in [0, 0.05) is 42.0 Å². The molecular weight excluding hydrogens is 555 g/mol. The molecule has 0 saturated carbocycles. The molecule has 0 saturated heterocycles. The number of para-hydroxylation sites is 1. The molecule has 0 fully saturated rings. The van der Waals surface area contributed by atoms with E-state index in [0.717, 1.165) is 75.6 Å². The predicted molar refractivity (Wildman–Crippen MR) is 174 cm³/mol. The number of fused-ring (bicyclic) bond motifs is 3. The fourth-order valence-corrected chi connectivity index (χ4v) is 6.56. The van der Waals surface area contributed by atoms with Crippen molar-refractivity contribution in [2.75, 3.05) is 26.8 Å². The quantitative estimate of drug-likeness (QED) is 0.137. The van der Waals surface area contributed by atoms with Gasteiger partial charge < -0.3 is 18.9 Å². The van der Waals surface area contributed by atoms with Crippen molar-refractivity contribution in [1.82, 2.24) is 19.2 Å². The number of carbonyl (C=O) groups is 1. The van der Waals surface area contributed by atoms with Gasteiger partial charge in [0.15, 0.2) is 0 Å². The Balaban J connectivity index is 1.45. The minimum absolute atomic E-state index is 0.292. The van der Waals surface area contributed by atoms with Crippen LogP contribution >= 0.6 is 0 Å². The number of carbonyl (C=O) groups excluding carboxylic acids is 1. The lowest BCUT2D eigenvalue weighted by Gasteiger charge is -2.17. The SMILES string of the molecule is CCOC(=O)c1c(CCCOc2cccc3ccccc23)c2cccc3c2n1CCCCN(C)Cc1c-3c(/C=C/F)nn1C. The highest BCUT2D eigenvalue weighted by atomic mass is 19.1. The maximum atomic E-state index is 13.7. The van der Waals surface area contributed by atoms with E-state index in [-0.39, 0.29) is 5.97 Å². The summed E-state index contributed by atoms with van der Waals surface area (Å²) in [6.45, 7) is 4.88. The van der Waals surface area contributed by atoms with E-state index in [0.29, 0.717) is 50.4 Å². The number of ether oxygens (including phenoxy) is 2. The fraction of sp³-hybridized carbons (Fsp3) is 0.333. The summed E-state index contributed by atoms with van der Waals surface area (Å²) in [5.74, 6) is 0.539. The molecule has 5 aromatic rings.